The van der Waals surface area contributed by atoms with Gasteiger partial charge in [-0.15, -0.1) is 0 Å². The predicted molar refractivity (Wildman–Crippen MR) is 93.0 cm³/mol. The van der Waals surface area contributed by atoms with Gasteiger partial charge in [0, 0.05) is 44.3 Å². The van der Waals surface area contributed by atoms with Gasteiger partial charge in [-0.25, -0.2) is 9.97 Å². The second-order valence-electron chi connectivity index (χ2n) is 6.78. The summed E-state index contributed by atoms with van der Waals surface area (Å²) in [5, 5.41) is 9.17. The monoisotopic (exact) mass is 319 g/mol. The molecule has 3 heterocycles. The normalized spacial score (nSPS) is 25.4. The lowest BCUT2D eigenvalue weighted by atomic mass is 10.1. The molecule has 6 nitrogen and oxygen atoms in total. The maximum Gasteiger partial charge on any atom is 0.134 e. The molecule has 0 aromatic carbocycles. The van der Waals surface area contributed by atoms with Crippen molar-refractivity contribution in [2.45, 2.75) is 44.7 Å². The van der Waals surface area contributed by atoms with Gasteiger partial charge in [-0.2, -0.15) is 0 Å². The van der Waals surface area contributed by atoms with Gasteiger partial charge in [-0.3, -0.25) is 4.90 Å². The number of hydrogen-bond donors (Lipinski definition) is 1. The van der Waals surface area contributed by atoms with E-state index < -0.39 is 0 Å². The number of aliphatic hydroxyl groups excluding tert-OH is 1. The number of rotatable bonds is 5. The molecular weight excluding hydrogens is 290 g/mol. The summed E-state index contributed by atoms with van der Waals surface area (Å²) >= 11 is 0. The third-order valence-corrected chi connectivity index (χ3v) is 5.35. The quantitative estimate of drug-likeness (QED) is 0.884. The highest BCUT2D eigenvalue weighted by molar-refractivity contribution is 5.51. The van der Waals surface area contributed by atoms with Gasteiger partial charge in [0.1, 0.15) is 18.0 Å². The minimum absolute atomic E-state index is 0.215. The number of hydrogen-bond acceptors (Lipinski definition) is 6. The first kappa shape index (κ1) is 16.5. The van der Waals surface area contributed by atoms with Crippen LogP contribution in [0, 0.1) is 0 Å². The van der Waals surface area contributed by atoms with Gasteiger partial charge in [-0.1, -0.05) is 0 Å². The second kappa shape index (κ2) is 7.45. The van der Waals surface area contributed by atoms with Crippen LogP contribution >= 0.6 is 0 Å². The van der Waals surface area contributed by atoms with Crippen LogP contribution < -0.4 is 9.80 Å². The first-order valence-corrected chi connectivity index (χ1v) is 8.85. The van der Waals surface area contributed by atoms with Gasteiger partial charge < -0.3 is 14.9 Å². The number of piperidine rings is 1. The van der Waals surface area contributed by atoms with Crippen molar-refractivity contribution < 1.29 is 5.11 Å². The summed E-state index contributed by atoms with van der Waals surface area (Å²) in [5.41, 5.74) is 0. The zero-order valence-corrected chi connectivity index (χ0v) is 14.4. The topological polar surface area (TPSA) is 55.7 Å². The molecule has 0 amide bonds. The molecule has 2 aliphatic heterocycles. The highest BCUT2D eigenvalue weighted by Crippen LogP contribution is 2.28. The lowest BCUT2D eigenvalue weighted by Crippen LogP contribution is -2.43. The van der Waals surface area contributed by atoms with E-state index in [1.807, 2.05) is 0 Å². The van der Waals surface area contributed by atoms with Crippen molar-refractivity contribution in [2.24, 2.45) is 0 Å². The fourth-order valence-electron chi connectivity index (χ4n) is 3.95. The van der Waals surface area contributed by atoms with E-state index in [4.69, 9.17) is 5.11 Å². The maximum atomic E-state index is 9.17. The number of aromatic nitrogens is 2. The van der Waals surface area contributed by atoms with Gasteiger partial charge in [-0.05, 0) is 39.7 Å². The second-order valence-corrected chi connectivity index (χ2v) is 6.78. The van der Waals surface area contributed by atoms with E-state index in [9.17, 15) is 0 Å². The van der Waals surface area contributed by atoms with Gasteiger partial charge in [0.25, 0.3) is 0 Å². The molecule has 0 bridgehead atoms. The zero-order valence-electron chi connectivity index (χ0n) is 14.4. The molecule has 2 saturated heterocycles. The SMILES string of the molecule is C[C@@H]1[C@H](N(C)CCO)CCN1c1cc(N2CCCCC2)ncn1. The van der Waals surface area contributed by atoms with Gasteiger partial charge >= 0.3 is 0 Å². The third-order valence-electron chi connectivity index (χ3n) is 5.35. The largest absolute Gasteiger partial charge is 0.395 e. The molecular formula is C17H29N5O. The predicted octanol–water partition coefficient (Wildman–Crippen LogP) is 1.36. The summed E-state index contributed by atoms with van der Waals surface area (Å²) in [4.78, 5) is 16.0. The Hall–Kier alpha value is -1.40. The minimum atomic E-state index is 0.215. The Morgan fingerprint density at radius 1 is 1.17 bits per heavy atom. The minimum Gasteiger partial charge on any atom is -0.395 e. The molecule has 0 saturated carbocycles. The van der Waals surface area contributed by atoms with Gasteiger partial charge in [0.05, 0.1) is 6.61 Å². The first-order valence-electron chi connectivity index (χ1n) is 8.85. The fraction of sp³-hybridized carbons (Fsp3) is 0.765. The Morgan fingerprint density at radius 2 is 1.91 bits per heavy atom. The molecule has 0 spiro atoms. The van der Waals surface area contributed by atoms with Gasteiger partial charge in [0.2, 0.25) is 0 Å². The zero-order chi connectivity index (χ0) is 16.2. The van der Waals surface area contributed by atoms with Crippen molar-refractivity contribution in [1.82, 2.24) is 14.9 Å². The lowest BCUT2D eigenvalue weighted by molar-refractivity contribution is 0.175. The molecule has 0 unspecified atom stereocenters. The molecule has 2 atom stereocenters. The van der Waals surface area contributed by atoms with Crippen LogP contribution in [0.3, 0.4) is 0 Å². The van der Waals surface area contributed by atoms with E-state index in [0.717, 1.165) is 44.2 Å². The molecule has 1 N–H and O–H groups in total. The highest BCUT2D eigenvalue weighted by atomic mass is 16.3. The van der Waals surface area contributed by atoms with Crippen LogP contribution in [0.5, 0.6) is 0 Å². The molecule has 23 heavy (non-hydrogen) atoms. The number of likely N-dealkylation sites (N-methyl/N-ethyl adjacent to an activating group) is 1. The van der Waals surface area contributed by atoms with E-state index >= 15 is 0 Å². The van der Waals surface area contributed by atoms with Crippen LogP contribution in [0.25, 0.3) is 0 Å². The molecule has 0 radical (unpaired) electrons. The maximum absolute atomic E-state index is 9.17. The van der Waals surface area contributed by atoms with Crippen LogP contribution in [0.1, 0.15) is 32.6 Å². The molecule has 2 fully saturated rings. The van der Waals surface area contributed by atoms with E-state index in [1.54, 1.807) is 6.33 Å². The fourth-order valence-corrected chi connectivity index (χ4v) is 3.95. The van der Waals surface area contributed by atoms with Crippen LogP contribution in [0.15, 0.2) is 12.4 Å². The van der Waals surface area contributed by atoms with Crippen LogP contribution in [0.2, 0.25) is 0 Å². The van der Waals surface area contributed by atoms with Crippen molar-refractivity contribution in [2.75, 3.05) is 49.6 Å². The molecule has 1 aromatic rings. The first-order chi connectivity index (χ1) is 11.2. The third kappa shape index (κ3) is 3.58. The Bertz CT molecular complexity index is 506. The van der Waals surface area contributed by atoms with E-state index in [-0.39, 0.29) is 6.61 Å². The van der Waals surface area contributed by atoms with Crippen molar-refractivity contribution in [3.8, 4) is 0 Å². The van der Waals surface area contributed by atoms with E-state index in [1.165, 1.54) is 19.3 Å². The standard InChI is InChI=1S/C17H29N5O/c1-14-15(20(2)10-11-23)6-9-22(14)17-12-16(18-13-19-17)21-7-4-3-5-8-21/h12-15,23H,3-11H2,1-2H3/t14-,15-/m1/s1. The van der Waals surface area contributed by atoms with Crippen LogP contribution in [-0.4, -0.2) is 71.9 Å². The number of aliphatic hydroxyl groups is 1. The van der Waals surface area contributed by atoms with E-state index in [0.29, 0.717) is 12.1 Å². The van der Waals surface area contributed by atoms with Gasteiger partial charge in [0.15, 0.2) is 0 Å². The molecule has 0 aliphatic carbocycles. The van der Waals surface area contributed by atoms with Crippen molar-refractivity contribution >= 4 is 11.6 Å². The van der Waals surface area contributed by atoms with Crippen molar-refractivity contribution in [3.05, 3.63) is 12.4 Å². The number of nitrogens with zero attached hydrogens (tertiary/aromatic N) is 5. The smallest absolute Gasteiger partial charge is 0.134 e. The van der Waals surface area contributed by atoms with E-state index in [2.05, 4.69) is 44.7 Å². The van der Waals surface area contributed by atoms with Crippen molar-refractivity contribution in [1.29, 1.82) is 0 Å². The Balaban J connectivity index is 1.72. The Labute approximate surface area is 139 Å². The van der Waals surface area contributed by atoms with Crippen LogP contribution in [0.4, 0.5) is 11.6 Å². The average Bonchev–Trinajstić information content (AvgIpc) is 2.98. The molecule has 3 rings (SSSR count). The number of anilines is 2. The summed E-state index contributed by atoms with van der Waals surface area (Å²) in [6.45, 7) is 6.42. The lowest BCUT2D eigenvalue weighted by Gasteiger charge is -2.32. The summed E-state index contributed by atoms with van der Waals surface area (Å²) in [5.74, 6) is 2.10. The molecule has 1 aromatic heterocycles. The van der Waals surface area contributed by atoms with Crippen molar-refractivity contribution in [3.63, 3.8) is 0 Å². The average molecular weight is 319 g/mol. The molecule has 128 valence electrons. The Morgan fingerprint density at radius 3 is 2.65 bits per heavy atom. The molecule has 2 aliphatic rings. The summed E-state index contributed by atoms with van der Waals surface area (Å²) in [7, 11) is 2.10. The van der Waals surface area contributed by atoms with Crippen LogP contribution in [-0.2, 0) is 0 Å². The summed E-state index contributed by atoms with van der Waals surface area (Å²) < 4.78 is 0. The summed E-state index contributed by atoms with van der Waals surface area (Å²) in [6, 6.07) is 3.02. The highest BCUT2D eigenvalue weighted by Gasteiger charge is 2.34. The Kier molecular flexibility index (Phi) is 5.33. The molecule has 6 heteroatoms. The summed E-state index contributed by atoms with van der Waals surface area (Å²) in [6.07, 6.45) is 6.66.